The lowest BCUT2D eigenvalue weighted by Crippen LogP contribution is -1.95. The molecule has 6 heteroatoms. The van der Waals surface area contributed by atoms with Crippen molar-refractivity contribution >= 4 is 35.8 Å². The van der Waals surface area contributed by atoms with E-state index in [1.165, 1.54) is 17.7 Å². The number of hydrogen-bond donors (Lipinski definition) is 0. The molecule has 0 N–H and O–H groups in total. The van der Waals surface area contributed by atoms with Gasteiger partial charge < -0.3 is 9.30 Å². The molecule has 0 amide bonds. The third-order valence-electron chi connectivity index (χ3n) is 1.70. The van der Waals surface area contributed by atoms with Crippen molar-refractivity contribution in [3.63, 3.8) is 0 Å². The smallest absolute Gasteiger partial charge is 0.176 e. The molecule has 1 aromatic rings. The zero-order valence-corrected chi connectivity index (χ0v) is 10.5. The molecule has 0 spiro atoms. The Bertz CT molecular complexity index is 493. The molecule has 4 nitrogen and oxygen atoms in total. The number of aromatic nitrogens is 1. The molecule has 0 bridgehead atoms. The first kappa shape index (κ1) is 12.6. The van der Waals surface area contributed by atoms with Crippen molar-refractivity contribution in [2.45, 2.75) is 13.5 Å². The molecule has 0 saturated heterocycles. The Hall–Kier alpha value is -1.45. The maximum absolute atomic E-state index is 8.94. The van der Waals surface area contributed by atoms with Crippen LogP contribution in [0, 0.1) is 15.3 Å². The molecule has 1 aromatic heterocycles. The predicted molar refractivity (Wildman–Crippen MR) is 67.8 cm³/mol. The van der Waals surface area contributed by atoms with Crippen molar-refractivity contribution in [2.75, 3.05) is 6.61 Å². The fraction of sp³-hybridized carbons (Fsp3) is 0.300. The third kappa shape index (κ3) is 2.78. The van der Waals surface area contributed by atoms with Crippen LogP contribution in [0.2, 0.25) is 0 Å². The molecule has 0 aliphatic heterocycles. The Kier molecular flexibility index (Phi) is 4.89. The van der Waals surface area contributed by atoms with E-state index in [0.29, 0.717) is 27.8 Å². The van der Waals surface area contributed by atoms with Crippen LogP contribution >= 0.6 is 23.6 Å². The summed E-state index contributed by atoms with van der Waals surface area (Å²) in [5.74, 6) is 0.533. The fourth-order valence-corrected chi connectivity index (χ4v) is 2.21. The molecular formula is C10H11N3OS2. The summed E-state index contributed by atoms with van der Waals surface area (Å²) in [5.41, 5.74) is 0. The summed E-state index contributed by atoms with van der Waals surface area (Å²) in [6.45, 7) is 6.58. The van der Waals surface area contributed by atoms with Crippen LogP contribution in [0.25, 0.3) is 0 Å². The van der Waals surface area contributed by atoms with Gasteiger partial charge in [-0.05, 0) is 19.1 Å². The van der Waals surface area contributed by atoms with E-state index in [-0.39, 0.29) is 0 Å². The standard InChI is InChI=1S/C10H11N3OS2/c1-3-5-13-9(12-7-14-4-2)8(6-11)16-10(13)15/h3,7H,1,4-5H2,2H3/b12-7+. The van der Waals surface area contributed by atoms with Gasteiger partial charge in [0, 0.05) is 6.54 Å². The highest BCUT2D eigenvalue weighted by Crippen LogP contribution is 2.26. The first-order valence-corrected chi connectivity index (χ1v) is 5.85. The van der Waals surface area contributed by atoms with Crippen molar-refractivity contribution in [3.05, 3.63) is 21.5 Å². The van der Waals surface area contributed by atoms with Crippen molar-refractivity contribution in [1.82, 2.24) is 4.57 Å². The van der Waals surface area contributed by atoms with Gasteiger partial charge >= 0.3 is 0 Å². The van der Waals surface area contributed by atoms with Gasteiger partial charge in [-0.15, -0.1) is 6.58 Å². The van der Waals surface area contributed by atoms with E-state index >= 15 is 0 Å². The van der Waals surface area contributed by atoms with Crippen LogP contribution in [-0.2, 0) is 11.3 Å². The Morgan fingerprint density at radius 1 is 1.75 bits per heavy atom. The van der Waals surface area contributed by atoms with E-state index in [0.717, 1.165) is 0 Å². The van der Waals surface area contributed by atoms with E-state index in [9.17, 15) is 0 Å². The van der Waals surface area contributed by atoms with Gasteiger partial charge in [0.25, 0.3) is 0 Å². The molecule has 0 aliphatic rings. The average Bonchev–Trinajstić information content (AvgIpc) is 2.58. The van der Waals surface area contributed by atoms with Crippen molar-refractivity contribution < 1.29 is 4.74 Å². The maximum atomic E-state index is 8.94. The molecule has 0 atom stereocenters. The maximum Gasteiger partial charge on any atom is 0.176 e. The molecule has 0 fully saturated rings. The van der Waals surface area contributed by atoms with Gasteiger partial charge in [-0.3, -0.25) is 0 Å². The fourth-order valence-electron chi connectivity index (χ4n) is 1.05. The summed E-state index contributed by atoms with van der Waals surface area (Å²) in [7, 11) is 0. The Morgan fingerprint density at radius 3 is 3.06 bits per heavy atom. The second-order valence-corrected chi connectivity index (χ2v) is 4.37. The van der Waals surface area contributed by atoms with E-state index in [2.05, 4.69) is 17.6 Å². The van der Waals surface area contributed by atoms with Crippen molar-refractivity contribution in [3.8, 4) is 6.07 Å². The number of rotatable bonds is 5. The molecule has 1 heterocycles. The van der Waals surface area contributed by atoms with Crippen LogP contribution in [0.5, 0.6) is 0 Å². The molecular weight excluding hydrogens is 242 g/mol. The number of thiazole rings is 1. The van der Waals surface area contributed by atoms with Crippen LogP contribution in [0.3, 0.4) is 0 Å². The van der Waals surface area contributed by atoms with Crippen LogP contribution in [0.4, 0.5) is 5.82 Å². The Balaban J connectivity index is 3.17. The second-order valence-electron chi connectivity index (χ2n) is 2.72. The number of allylic oxidation sites excluding steroid dienone is 1. The SMILES string of the molecule is C=CCn1c(/N=C/OCC)c(C#N)sc1=S. The lowest BCUT2D eigenvalue weighted by molar-refractivity contribution is 0.343. The molecule has 0 unspecified atom stereocenters. The highest BCUT2D eigenvalue weighted by molar-refractivity contribution is 7.73. The highest BCUT2D eigenvalue weighted by Gasteiger charge is 2.10. The van der Waals surface area contributed by atoms with Gasteiger partial charge in [0.1, 0.15) is 6.07 Å². The molecule has 0 aliphatic carbocycles. The van der Waals surface area contributed by atoms with E-state index < -0.39 is 0 Å². The average molecular weight is 253 g/mol. The summed E-state index contributed by atoms with van der Waals surface area (Å²) in [6, 6.07) is 2.07. The van der Waals surface area contributed by atoms with Gasteiger partial charge in [-0.2, -0.15) is 5.26 Å². The third-order valence-corrected chi connectivity index (χ3v) is 3.04. The van der Waals surface area contributed by atoms with E-state index in [1.54, 1.807) is 10.6 Å². The van der Waals surface area contributed by atoms with Crippen LogP contribution in [0.15, 0.2) is 17.6 Å². The first-order chi connectivity index (χ1) is 7.74. The zero-order valence-electron chi connectivity index (χ0n) is 8.84. The normalized spacial score (nSPS) is 10.2. The Morgan fingerprint density at radius 2 is 2.50 bits per heavy atom. The minimum absolute atomic E-state index is 0.489. The highest BCUT2D eigenvalue weighted by atomic mass is 32.1. The topological polar surface area (TPSA) is 50.3 Å². The molecule has 0 saturated carbocycles. The van der Waals surface area contributed by atoms with E-state index in [1.807, 2.05) is 6.92 Å². The van der Waals surface area contributed by atoms with Crippen LogP contribution in [0.1, 0.15) is 11.8 Å². The first-order valence-electron chi connectivity index (χ1n) is 4.63. The predicted octanol–water partition coefficient (Wildman–Crippen LogP) is 3.03. The van der Waals surface area contributed by atoms with Crippen LogP contribution < -0.4 is 0 Å². The minimum Gasteiger partial charge on any atom is -0.483 e. The summed E-state index contributed by atoms with van der Waals surface area (Å²) in [4.78, 5) is 4.58. The summed E-state index contributed by atoms with van der Waals surface area (Å²) in [5, 5.41) is 8.94. The van der Waals surface area contributed by atoms with Gasteiger partial charge in [0.2, 0.25) is 0 Å². The monoisotopic (exact) mass is 253 g/mol. The molecule has 0 aromatic carbocycles. The van der Waals surface area contributed by atoms with Gasteiger partial charge in [0.15, 0.2) is 21.0 Å². The van der Waals surface area contributed by atoms with Crippen LogP contribution in [-0.4, -0.2) is 17.6 Å². The van der Waals surface area contributed by atoms with Gasteiger partial charge in [0.05, 0.1) is 6.61 Å². The lowest BCUT2D eigenvalue weighted by Gasteiger charge is -2.00. The van der Waals surface area contributed by atoms with E-state index in [4.69, 9.17) is 22.2 Å². The molecule has 84 valence electrons. The zero-order chi connectivity index (χ0) is 12.0. The number of nitrogens with zero attached hydrogens (tertiary/aromatic N) is 3. The number of nitriles is 1. The quantitative estimate of drug-likeness (QED) is 0.351. The molecule has 0 radical (unpaired) electrons. The lowest BCUT2D eigenvalue weighted by atomic mass is 10.5. The van der Waals surface area contributed by atoms with Crippen molar-refractivity contribution in [2.24, 2.45) is 4.99 Å². The minimum atomic E-state index is 0.489. The largest absolute Gasteiger partial charge is 0.483 e. The number of ether oxygens (including phenoxy) is 1. The Labute approximate surface area is 103 Å². The molecule has 16 heavy (non-hydrogen) atoms. The summed E-state index contributed by atoms with van der Waals surface area (Å²) in [6.07, 6.45) is 3.04. The van der Waals surface area contributed by atoms with Gasteiger partial charge in [-0.1, -0.05) is 17.4 Å². The summed E-state index contributed by atoms with van der Waals surface area (Å²) < 4.78 is 7.37. The second kappa shape index (κ2) is 6.20. The number of hydrogen-bond acceptors (Lipinski definition) is 5. The number of aliphatic imine (C=N–C) groups is 1. The molecule has 1 rings (SSSR count). The van der Waals surface area contributed by atoms with Crippen molar-refractivity contribution in [1.29, 1.82) is 5.26 Å². The van der Waals surface area contributed by atoms with Gasteiger partial charge in [-0.25, -0.2) is 4.99 Å². The summed E-state index contributed by atoms with van der Waals surface area (Å²) >= 11 is 6.38.